The van der Waals surface area contributed by atoms with E-state index in [1.165, 1.54) is 7.11 Å². The van der Waals surface area contributed by atoms with Gasteiger partial charge in [0, 0.05) is 12.2 Å². The Morgan fingerprint density at radius 2 is 1.95 bits per heavy atom. The molecule has 0 atom stereocenters. The zero-order valence-electron chi connectivity index (χ0n) is 11.2. The molecule has 1 aromatic carbocycles. The Hall–Kier alpha value is -1.80. The number of carbonyl (C=O) groups is 1. The zero-order chi connectivity index (χ0) is 15.0. The van der Waals surface area contributed by atoms with Crippen molar-refractivity contribution in [1.29, 1.82) is 0 Å². The van der Waals surface area contributed by atoms with Crippen molar-refractivity contribution in [2.24, 2.45) is 5.73 Å². The molecule has 20 heavy (non-hydrogen) atoms. The minimum Gasteiger partial charge on any atom is -0.492 e. The predicted octanol–water partition coefficient (Wildman–Crippen LogP) is 0.329. The molecule has 0 saturated heterocycles. The predicted molar refractivity (Wildman–Crippen MR) is 75.0 cm³/mol. The van der Waals surface area contributed by atoms with Crippen LogP contribution in [0.1, 0.15) is 6.42 Å². The highest BCUT2D eigenvalue weighted by atomic mass is 32.2. The van der Waals surface area contributed by atoms with Crippen LogP contribution in [0.2, 0.25) is 0 Å². The van der Waals surface area contributed by atoms with Crippen LogP contribution in [0.3, 0.4) is 0 Å². The summed E-state index contributed by atoms with van der Waals surface area (Å²) in [4.78, 5) is 10.9. The van der Waals surface area contributed by atoms with E-state index in [1.54, 1.807) is 24.3 Å². The Bertz CT molecular complexity index is 527. The van der Waals surface area contributed by atoms with Crippen LogP contribution in [-0.2, 0) is 19.6 Å². The number of methoxy groups -OCH3 is 1. The van der Waals surface area contributed by atoms with E-state index in [2.05, 4.69) is 9.46 Å². The Morgan fingerprint density at radius 1 is 1.30 bits per heavy atom. The summed E-state index contributed by atoms with van der Waals surface area (Å²) in [5.41, 5.74) is 5.70. The number of anilines is 1. The maximum atomic E-state index is 11.7. The summed E-state index contributed by atoms with van der Waals surface area (Å²) >= 11 is 0. The topological polar surface area (TPSA) is 108 Å². The minimum atomic E-state index is -3.58. The van der Waals surface area contributed by atoms with E-state index in [4.69, 9.17) is 10.5 Å². The van der Waals surface area contributed by atoms with Crippen LogP contribution < -0.4 is 15.2 Å². The van der Waals surface area contributed by atoms with Gasteiger partial charge >= 0.3 is 5.97 Å². The van der Waals surface area contributed by atoms with Gasteiger partial charge in [0.25, 0.3) is 0 Å². The van der Waals surface area contributed by atoms with Gasteiger partial charge in [0.1, 0.15) is 12.4 Å². The van der Waals surface area contributed by atoms with Gasteiger partial charge in [0.15, 0.2) is 0 Å². The van der Waals surface area contributed by atoms with Crippen molar-refractivity contribution < 1.29 is 22.7 Å². The summed E-state index contributed by atoms with van der Waals surface area (Å²) in [5, 5.41) is 0. The summed E-state index contributed by atoms with van der Waals surface area (Å²) in [7, 11) is -2.37. The third-order valence-electron chi connectivity index (χ3n) is 2.32. The SMILES string of the molecule is COC(=O)CCS(=O)(=O)Nc1ccc(OCCN)cc1. The molecular formula is C12H18N2O5S. The molecule has 0 aliphatic heterocycles. The monoisotopic (exact) mass is 302 g/mol. The van der Waals surface area contributed by atoms with Crippen LogP contribution in [0, 0.1) is 0 Å². The van der Waals surface area contributed by atoms with E-state index in [9.17, 15) is 13.2 Å². The fourth-order valence-corrected chi connectivity index (χ4v) is 2.38. The normalized spacial score (nSPS) is 10.9. The van der Waals surface area contributed by atoms with E-state index < -0.39 is 16.0 Å². The second-order valence-corrected chi connectivity index (χ2v) is 5.75. The van der Waals surface area contributed by atoms with Crippen LogP contribution in [0.25, 0.3) is 0 Å². The first-order valence-corrected chi connectivity index (χ1v) is 7.62. The van der Waals surface area contributed by atoms with Crippen LogP contribution in [-0.4, -0.2) is 40.4 Å². The molecular weight excluding hydrogens is 284 g/mol. The molecule has 0 aliphatic rings. The highest BCUT2D eigenvalue weighted by molar-refractivity contribution is 7.92. The molecule has 0 heterocycles. The number of nitrogens with one attached hydrogen (secondary N) is 1. The molecule has 3 N–H and O–H groups in total. The summed E-state index contributed by atoms with van der Waals surface area (Å²) in [5.74, 6) is -0.292. The van der Waals surface area contributed by atoms with Crippen LogP contribution >= 0.6 is 0 Å². The number of carbonyl (C=O) groups excluding carboxylic acids is 1. The Labute approximate surface area is 118 Å². The molecule has 7 nitrogen and oxygen atoms in total. The molecule has 112 valence electrons. The zero-order valence-corrected chi connectivity index (χ0v) is 12.0. The molecule has 1 rings (SSSR count). The lowest BCUT2D eigenvalue weighted by Crippen LogP contribution is -2.19. The van der Waals surface area contributed by atoms with Crippen molar-refractivity contribution in [3.8, 4) is 5.75 Å². The molecule has 0 bridgehead atoms. The van der Waals surface area contributed by atoms with Gasteiger partial charge in [-0.05, 0) is 24.3 Å². The smallest absolute Gasteiger partial charge is 0.306 e. The number of hydrogen-bond donors (Lipinski definition) is 2. The first-order valence-electron chi connectivity index (χ1n) is 5.97. The molecule has 0 unspecified atom stereocenters. The highest BCUT2D eigenvalue weighted by Gasteiger charge is 2.13. The Kier molecular flexibility index (Phi) is 6.26. The fraction of sp³-hybridized carbons (Fsp3) is 0.417. The number of ether oxygens (including phenoxy) is 2. The lowest BCUT2D eigenvalue weighted by Gasteiger charge is -2.09. The molecule has 1 aromatic rings. The Balaban J connectivity index is 2.56. The molecule has 0 amide bonds. The van der Waals surface area contributed by atoms with E-state index >= 15 is 0 Å². The van der Waals surface area contributed by atoms with Crippen molar-refractivity contribution in [3.63, 3.8) is 0 Å². The first kappa shape index (κ1) is 16.3. The molecule has 0 saturated carbocycles. The van der Waals surface area contributed by atoms with Gasteiger partial charge in [-0.25, -0.2) is 8.42 Å². The van der Waals surface area contributed by atoms with E-state index in [-0.39, 0.29) is 12.2 Å². The average Bonchev–Trinajstić information content (AvgIpc) is 2.43. The summed E-state index contributed by atoms with van der Waals surface area (Å²) in [6, 6.07) is 6.41. The number of esters is 1. The summed E-state index contributed by atoms with van der Waals surface area (Å²) in [6.45, 7) is 0.798. The van der Waals surface area contributed by atoms with E-state index in [1.807, 2.05) is 0 Å². The van der Waals surface area contributed by atoms with Crippen molar-refractivity contribution in [2.45, 2.75) is 6.42 Å². The van der Waals surface area contributed by atoms with Crippen LogP contribution in [0.15, 0.2) is 24.3 Å². The minimum absolute atomic E-state index is 0.191. The van der Waals surface area contributed by atoms with E-state index in [0.29, 0.717) is 24.6 Å². The van der Waals surface area contributed by atoms with Crippen LogP contribution in [0.5, 0.6) is 5.75 Å². The second kappa shape index (κ2) is 7.71. The second-order valence-electron chi connectivity index (χ2n) is 3.91. The lowest BCUT2D eigenvalue weighted by atomic mass is 10.3. The molecule has 0 radical (unpaired) electrons. The van der Waals surface area contributed by atoms with Gasteiger partial charge in [0.05, 0.1) is 19.3 Å². The van der Waals surface area contributed by atoms with Crippen molar-refractivity contribution >= 4 is 21.7 Å². The third kappa shape index (κ3) is 5.89. The van der Waals surface area contributed by atoms with Gasteiger partial charge < -0.3 is 15.2 Å². The van der Waals surface area contributed by atoms with Gasteiger partial charge in [-0.15, -0.1) is 0 Å². The number of sulfonamides is 1. The number of benzene rings is 1. The third-order valence-corrected chi connectivity index (χ3v) is 3.61. The van der Waals surface area contributed by atoms with Gasteiger partial charge in [0.2, 0.25) is 10.0 Å². The van der Waals surface area contributed by atoms with Crippen molar-refractivity contribution in [1.82, 2.24) is 0 Å². The standard InChI is InChI=1S/C12H18N2O5S/c1-18-12(15)6-9-20(16,17)14-10-2-4-11(5-3-10)19-8-7-13/h2-5,14H,6-9,13H2,1H3. The van der Waals surface area contributed by atoms with Gasteiger partial charge in [-0.1, -0.05) is 0 Å². The molecule has 8 heteroatoms. The van der Waals surface area contributed by atoms with Crippen molar-refractivity contribution in [2.75, 3.05) is 30.7 Å². The average molecular weight is 302 g/mol. The summed E-state index contributed by atoms with van der Waals surface area (Å²) < 4.78 is 35.4. The molecule has 0 aromatic heterocycles. The molecule has 0 spiro atoms. The molecule has 0 fully saturated rings. The number of rotatable bonds is 8. The van der Waals surface area contributed by atoms with Crippen molar-refractivity contribution in [3.05, 3.63) is 24.3 Å². The quantitative estimate of drug-likeness (QED) is 0.670. The van der Waals surface area contributed by atoms with Gasteiger partial charge in [-0.3, -0.25) is 9.52 Å². The number of nitrogens with two attached hydrogens (primary N) is 1. The largest absolute Gasteiger partial charge is 0.492 e. The van der Waals surface area contributed by atoms with Crippen LogP contribution in [0.4, 0.5) is 5.69 Å². The molecule has 0 aliphatic carbocycles. The maximum absolute atomic E-state index is 11.7. The highest BCUT2D eigenvalue weighted by Crippen LogP contribution is 2.16. The first-order chi connectivity index (χ1) is 9.46. The number of hydrogen-bond acceptors (Lipinski definition) is 6. The maximum Gasteiger partial charge on any atom is 0.306 e. The van der Waals surface area contributed by atoms with Gasteiger partial charge in [-0.2, -0.15) is 0 Å². The lowest BCUT2D eigenvalue weighted by molar-refractivity contribution is -0.140. The Morgan fingerprint density at radius 3 is 2.50 bits per heavy atom. The summed E-state index contributed by atoms with van der Waals surface area (Å²) in [6.07, 6.45) is -0.191. The fourth-order valence-electron chi connectivity index (χ4n) is 1.35. The van der Waals surface area contributed by atoms with E-state index in [0.717, 1.165) is 0 Å².